The van der Waals surface area contributed by atoms with Gasteiger partial charge in [0.15, 0.2) is 0 Å². The third-order valence-corrected chi connectivity index (χ3v) is 3.22. The first-order chi connectivity index (χ1) is 8.88. The summed E-state index contributed by atoms with van der Waals surface area (Å²) < 4.78 is 5.38. The first-order valence-electron chi connectivity index (χ1n) is 6.90. The van der Waals surface area contributed by atoms with E-state index < -0.39 is 0 Å². The van der Waals surface area contributed by atoms with E-state index in [1.165, 1.54) is 12.8 Å². The summed E-state index contributed by atoms with van der Waals surface area (Å²) in [5, 5.41) is 6.75. The van der Waals surface area contributed by atoms with Crippen LogP contribution in [0.3, 0.4) is 0 Å². The predicted molar refractivity (Wildman–Crippen MR) is 75.1 cm³/mol. The van der Waals surface area contributed by atoms with Gasteiger partial charge in [0.1, 0.15) is 5.82 Å². The monoisotopic (exact) mass is 249 g/mol. The Balaban J connectivity index is 1.74. The van der Waals surface area contributed by atoms with Gasteiger partial charge in [-0.05, 0) is 31.2 Å². The second-order valence-electron chi connectivity index (χ2n) is 4.80. The van der Waals surface area contributed by atoms with Crippen LogP contribution in [-0.4, -0.2) is 31.3 Å². The Morgan fingerprint density at radius 3 is 3.11 bits per heavy atom. The summed E-state index contributed by atoms with van der Waals surface area (Å²) in [6, 6.07) is 4.09. The van der Waals surface area contributed by atoms with E-state index in [1.807, 2.05) is 12.3 Å². The normalized spacial score (nSPS) is 18.8. The highest BCUT2D eigenvalue weighted by molar-refractivity contribution is 5.51. The van der Waals surface area contributed by atoms with Crippen molar-refractivity contribution in [3.63, 3.8) is 0 Å². The van der Waals surface area contributed by atoms with Crippen molar-refractivity contribution in [2.24, 2.45) is 5.92 Å². The Morgan fingerprint density at radius 1 is 1.39 bits per heavy atom. The number of nitrogens with one attached hydrogen (secondary N) is 2. The zero-order chi connectivity index (χ0) is 12.6. The van der Waals surface area contributed by atoms with E-state index in [2.05, 4.69) is 28.6 Å². The average molecular weight is 249 g/mol. The molecule has 100 valence electrons. The maximum atomic E-state index is 5.38. The molecule has 0 spiro atoms. The van der Waals surface area contributed by atoms with E-state index in [9.17, 15) is 0 Å². The smallest absolute Gasteiger partial charge is 0.127 e. The largest absolute Gasteiger partial charge is 0.385 e. The molecule has 1 aliphatic heterocycles. The highest BCUT2D eigenvalue weighted by Crippen LogP contribution is 2.17. The SMILES string of the molecule is CCCNc1cc(NCCC2CCOC2)ccn1. The Hall–Kier alpha value is -1.29. The molecule has 1 aromatic heterocycles. The molecule has 4 nitrogen and oxygen atoms in total. The lowest BCUT2D eigenvalue weighted by atomic mass is 10.1. The van der Waals surface area contributed by atoms with E-state index in [-0.39, 0.29) is 0 Å². The van der Waals surface area contributed by atoms with Crippen LogP contribution in [0.1, 0.15) is 26.2 Å². The Labute approximate surface area is 109 Å². The summed E-state index contributed by atoms with van der Waals surface area (Å²) in [6.07, 6.45) is 5.35. The molecule has 1 unspecified atom stereocenters. The number of nitrogens with zero attached hydrogens (tertiary/aromatic N) is 1. The van der Waals surface area contributed by atoms with Crippen LogP contribution in [0.5, 0.6) is 0 Å². The van der Waals surface area contributed by atoms with E-state index in [0.717, 1.165) is 50.1 Å². The summed E-state index contributed by atoms with van der Waals surface area (Å²) in [4.78, 5) is 4.29. The summed E-state index contributed by atoms with van der Waals surface area (Å²) in [6.45, 7) is 5.99. The fourth-order valence-electron chi connectivity index (χ4n) is 2.12. The first-order valence-corrected chi connectivity index (χ1v) is 6.90. The van der Waals surface area contributed by atoms with Gasteiger partial charge in [-0.1, -0.05) is 6.92 Å². The van der Waals surface area contributed by atoms with Crippen LogP contribution >= 0.6 is 0 Å². The van der Waals surface area contributed by atoms with Crippen LogP contribution in [0, 0.1) is 5.92 Å². The van der Waals surface area contributed by atoms with Gasteiger partial charge in [-0.15, -0.1) is 0 Å². The standard InChI is InChI=1S/C14H23N3O/c1-2-6-16-14-10-13(4-8-17-14)15-7-3-12-5-9-18-11-12/h4,8,10,12H,2-3,5-7,9,11H2,1H3,(H2,15,16,17). The van der Waals surface area contributed by atoms with Crippen LogP contribution in [-0.2, 0) is 4.74 Å². The van der Waals surface area contributed by atoms with Crippen molar-refractivity contribution in [1.82, 2.24) is 4.98 Å². The van der Waals surface area contributed by atoms with Gasteiger partial charge in [0.25, 0.3) is 0 Å². The van der Waals surface area contributed by atoms with Gasteiger partial charge in [-0.25, -0.2) is 4.98 Å². The molecule has 4 heteroatoms. The maximum absolute atomic E-state index is 5.38. The van der Waals surface area contributed by atoms with Gasteiger partial charge in [0.05, 0.1) is 0 Å². The summed E-state index contributed by atoms with van der Waals surface area (Å²) in [7, 11) is 0. The topological polar surface area (TPSA) is 46.2 Å². The van der Waals surface area contributed by atoms with Crippen molar-refractivity contribution in [3.05, 3.63) is 18.3 Å². The molecule has 0 aromatic carbocycles. The van der Waals surface area contributed by atoms with Gasteiger partial charge in [-0.3, -0.25) is 0 Å². The average Bonchev–Trinajstić information content (AvgIpc) is 2.90. The number of aromatic nitrogens is 1. The molecule has 2 N–H and O–H groups in total. The number of ether oxygens (including phenoxy) is 1. The van der Waals surface area contributed by atoms with Crippen LogP contribution in [0.15, 0.2) is 18.3 Å². The number of rotatable bonds is 7. The van der Waals surface area contributed by atoms with Crippen LogP contribution < -0.4 is 10.6 Å². The molecule has 18 heavy (non-hydrogen) atoms. The van der Waals surface area contributed by atoms with Crippen molar-refractivity contribution in [2.75, 3.05) is 36.9 Å². The van der Waals surface area contributed by atoms with Crippen LogP contribution in [0.25, 0.3) is 0 Å². The van der Waals surface area contributed by atoms with Crippen LogP contribution in [0.2, 0.25) is 0 Å². The molecule has 0 bridgehead atoms. The molecule has 0 amide bonds. The Morgan fingerprint density at radius 2 is 2.33 bits per heavy atom. The van der Waals surface area contributed by atoms with Crippen molar-refractivity contribution >= 4 is 11.5 Å². The second kappa shape index (κ2) is 7.21. The molecule has 0 saturated carbocycles. The summed E-state index contributed by atoms with van der Waals surface area (Å²) >= 11 is 0. The molecule has 1 atom stereocenters. The molecule has 2 rings (SSSR count). The predicted octanol–water partition coefficient (Wildman–Crippen LogP) is 2.74. The lowest BCUT2D eigenvalue weighted by Crippen LogP contribution is -2.09. The fourth-order valence-corrected chi connectivity index (χ4v) is 2.12. The third-order valence-electron chi connectivity index (χ3n) is 3.22. The zero-order valence-electron chi connectivity index (χ0n) is 11.1. The number of anilines is 2. The molecular weight excluding hydrogens is 226 g/mol. The van der Waals surface area contributed by atoms with Gasteiger partial charge in [0.2, 0.25) is 0 Å². The number of hydrogen-bond acceptors (Lipinski definition) is 4. The molecule has 0 radical (unpaired) electrons. The van der Waals surface area contributed by atoms with Gasteiger partial charge >= 0.3 is 0 Å². The van der Waals surface area contributed by atoms with E-state index >= 15 is 0 Å². The summed E-state index contributed by atoms with van der Waals surface area (Å²) in [5.74, 6) is 1.68. The molecule has 2 heterocycles. The number of pyridine rings is 1. The lowest BCUT2D eigenvalue weighted by Gasteiger charge is -2.11. The fraction of sp³-hybridized carbons (Fsp3) is 0.643. The molecule has 1 saturated heterocycles. The highest BCUT2D eigenvalue weighted by Gasteiger charge is 2.14. The second-order valence-corrected chi connectivity index (χ2v) is 4.80. The van der Waals surface area contributed by atoms with Crippen molar-refractivity contribution in [2.45, 2.75) is 26.2 Å². The number of hydrogen-bond donors (Lipinski definition) is 2. The Kier molecular flexibility index (Phi) is 5.27. The van der Waals surface area contributed by atoms with Gasteiger partial charge < -0.3 is 15.4 Å². The summed E-state index contributed by atoms with van der Waals surface area (Å²) in [5.41, 5.74) is 1.14. The molecular formula is C14H23N3O. The van der Waals surface area contributed by atoms with Crippen molar-refractivity contribution in [1.29, 1.82) is 0 Å². The highest BCUT2D eigenvalue weighted by atomic mass is 16.5. The molecule has 1 aliphatic rings. The van der Waals surface area contributed by atoms with E-state index in [1.54, 1.807) is 0 Å². The zero-order valence-corrected chi connectivity index (χ0v) is 11.1. The van der Waals surface area contributed by atoms with E-state index in [4.69, 9.17) is 4.74 Å². The molecule has 1 aromatic rings. The third kappa shape index (κ3) is 4.18. The quantitative estimate of drug-likeness (QED) is 0.780. The molecule has 0 aliphatic carbocycles. The minimum atomic E-state index is 0.733. The first kappa shape index (κ1) is 13.1. The van der Waals surface area contributed by atoms with Gasteiger partial charge in [0, 0.05) is 44.3 Å². The maximum Gasteiger partial charge on any atom is 0.127 e. The van der Waals surface area contributed by atoms with E-state index in [0.29, 0.717) is 0 Å². The van der Waals surface area contributed by atoms with Crippen molar-refractivity contribution < 1.29 is 4.74 Å². The lowest BCUT2D eigenvalue weighted by molar-refractivity contribution is 0.185. The minimum Gasteiger partial charge on any atom is -0.385 e. The van der Waals surface area contributed by atoms with Crippen molar-refractivity contribution in [3.8, 4) is 0 Å². The minimum absolute atomic E-state index is 0.733. The van der Waals surface area contributed by atoms with Crippen LogP contribution in [0.4, 0.5) is 11.5 Å². The van der Waals surface area contributed by atoms with Gasteiger partial charge in [-0.2, -0.15) is 0 Å². The molecule has 1 fully saturated rings. The Bertz CT molecular complexity index is 351.